The molecule has 0 amide bonds. The fraction of sp³-hybridized carbons (Fsp3) is 0.583. The molecular formula is C12H19ClN2O2S. The summed E-state index contributed by atoms with van der Waals surface area (Å²) in [7, 11) is -3.30. The predicted molar refractivity (Wildman–Crippen MR) is 75.0 cm³/mol. The molecule has 0 aliphatic heterocycles. The quantitative estimate of drug-likeness (QED) is 0.819. The summed E-state index contributed by atoms with van der Waals surface area (Å²) < 4.78 is 23.4. The third-order valence-electron chi connectivity index (χ3n) is 3.16. The number of nitrogens with zero attached hydrogens (tertiary/aromatic N) is 1. The van der Waals surface area contributed by atoms with Crippen molar-refractivity contribution in [3.8, 4) is 0 Å². The average molecular weight is 291 g/mol. The molecule has 1 aromatic heterocycles. The molecule has 1 N–H and O–H groups in total. The number of alkyl halides is 1. The molecule has 0 spiro atoms. The van der Waals surface area contributed by atoms with Gasteiger partial charge in [-0.05, 0) is 25.0 Å². The molecule has 0 unspecified atom stereocenters. The van der Waals surface area contributed by atoms with Crippen molar-refractivity contribution >= 4 is 27.3 Å². The van der Waals surface area contributed by atoms with Crippen LogP contribution in [0.25, 0.3) is 0 Å². The summed E-state index contributed by atoms with van der Waals surface area (Å²) in [5.41, 5.74) is -0.324. The molecule has 4 nitrogen and oxygen atoms in total. The lowest BCUT2D eigenvalue weighted by Crippen LogP contribution is -2.39. The van der Waals surface area contributed by atoms with E-state index in [9.17, 15) is 8.42 Å². The Balaban J connectivity index is 3.19. The van der Waals surface area contributed by atoms with E-state index in [0.29, 0.717) is 11.7 Å². The van der Waals surface area contributed by atoms with Crippen LogP contribution in [0.3, 0.4) is 0 Å². The normalized spacial score (nSPS) is 12.4. The Bertz CT molecular complexity index is 490. The fourth-order valence-electron chi connectivity index (χ4n) is 1.68. The van der Waals surface area contributed by atoms with E-state index < -0.39 is 9.84 Å². The van der Waals surface area contributed by atoms with E-state index in [4.69, 9.17) is 11.6 Å². The first-order valence-electron chi connectivity index (χ1n) is 5.87. The Labute approximate surface area is 114 Å². The molecule has 1 aromatic rings. The topological polar surface area (TPSA) is 59.1 Å². The van der Waals surface area contributed by atoms with Gasteiger partial charge in [0, 0.05) is 18.3 Å². The minimum Gasteiger partial charge on any atom is -0.362 e. The molecule has 102 valence electrons. The maximum Gasteiger partial charge on any atom is 0.179 e. The van der Waals surface area contributed by atoms with Crippen LogP contribution in [0.4, 0.5) is 5.82 Å². The summed E-state index contributed by atoms with van der Waals surface area (Å²) in [6, 6.07) is 3.16. The molecule has 0 radical (unpaired) electrons. The van der Waals surface area contributed by atoms with Gasteiger partial charge in [0.25, 0.3) is 0 Å². The maximum atomic E-state index is 11.7. The number of pyridine rings is 1. The van der Waals surface area contributed by atoms with E-state index >= 15 is 0 Å². The number of rotatable bonds is 6. The highest BCUT2D eigenvalue weighted by atomic mass is 35.5. The van der Waals surface area contributed by atoms with E-state index in [-0.39, 0.29) is 10.4 Å². The van der Waals surface area contributed by atoms with Crippen molar-refractivity contribution in [1.82, 2.24) is 4.98 Å². The first kappa shape index (κ1) is 15.2. The summed E-state index contributed by atoms with van der Waals surface area (Å²) in [6.45, 7) is 4.03. The van der Waals surface area contributed by atoms with Crippen LogP contribution in [-0.2, 0) is 9.84 Å². The standard InChI is InChI=1S/C12H19ClN2O2S/c1-4-12(5-2,9-13)15-11-10(18(3,16)17)7-6-8-14-11/h6-8H,4-5,9H2,1-3H3,(H,14,15). The zero-order valence-corrected chi connectivity index (χ0v) is 12.5. The first-order valence-corrected chi connectivity index (χ1v) is 8.30. The van der Waals surface area contributed by atoms with Crippen molar-refractivity contribution in [1.29, 1.82) is 0 Å². The molecule has 1 heterocycles. The van der Waals surface area contributed by atoms with Gasteiger partial charge < -0.3 is 5.32 Å². The van der Waals surface area contributed by atoms with E-state index in [1.807, 2.05) is 13.8 Å². The van der Waals surface area contributed by atoms with Gasteiger partial charge in [0.15, 0.2) is 9.84 Å². The monoisotopic (exact) mass is 290 g/mol. The highest BCUT2D eigenvalue weighted by Gasteiger charge is 2.27. The van der Waals surface area contributed by atoms with Gasteiger partial charge in [-0.15, -0.1) is 11.6 Å². The van der Waals surface area contributed by atoms with Crippen LogP contribution < -0.4 is 5.32 Å². The zero-order chi connectivity index (χ0) is 13.8. The number of aromatic nitrogens is 1. The van der Waals surface area contributed by atoms with Crippen LogP contribution in [0.1, 0.15) is 26.7 Å². The van der Waals surface area contributed by atoms with Crippen molar-refractivity contribution in [3.05, 3.63) is 18.3 Å². The molecule has 6 heteroatoms. The summed E-state index contributed by atoms with van der Waals surface area (Å²) >= 11 is 6.00. The van der Waals surface area contributed by atoms with Crippen molar-refractivity contribution in [2.45, 2.75) is 37.1 Å². The minimum atomic E-state index is -3.30. The zero-order valence-electron chi connectivity index (χ0n) is 10.9. The number of hydrogen-bond donors (Lipinski definition) is 1. The van der Waals surface area contributed by atoms with Gasteiger partial charge in [0.05, 0.1) is 5.54 Å². The Morgan fingerprint density at radius 1 is 1.39 bits per heavy atom. The fourth-order valence-corrected chi connectivity index (χ4v) is 2.91. The van der Waals surface area contributed by atoms with Gasteiger partial charge in [-0.3, -0.25) is 0 Å². The van der Waals surface area contributed by atoms with Crippen LogP contribution in [0.2, 0.25) is 0 Å². The summed E-state index contributed by atoms with van der Waals surface area (Å²) in [6.07, 6.45) is 4.34. The van der Waals surface area contributed by atoms with E-state index in [1.54, 1.807) is 18.3 Å². The maximum absolute atomic E-state index is 11.7. The smallest absolute Gasteiger partial charge is 0.179 e. The van der Waals surface area contributed by atoms with Gasteiger partial charge >= 0.3 is 0 Å². The van der Waals surface area contributed by atoms with E-state index in [1.165, 1.54) is 6.26 Å². The average Bonchev–Trinajstić information content (AvgIpc) is 2.35. The SMILES string of the molecule is CCC(CC)(CCl)Nc1ncccc1S(C)(=O)=O. The second-order valence-electron chi connectivity index (χ2n) is 4.37. The summed E-state index contributed by atoms with van der Waals surface area (Å²) in [5.74, 6) is 0.782. The molecule has 0 saturated carbocycles. The third-order valence-corrected chi connectivity index (χ3v) is 4.80. The second-order valence-corrected chi connectivity index (χ2v) is 6.62. The number of halogens is 1. The lowest BCUT2D eigenvalue weighted by atomic mass is 9.95. The molecule has 18 heavy (non-hydrogen) atoms. The minimum absolute atomic E-state index is 0.210. The molecule has 1 rings (SSSR count). The number of hydrogen-bond acceptors (Lipinski definition) is 4. The van der Waals surface area contributed by atoms with Crippen molar-refractivity contribution < 1.29 is 8.42 Å². The van der Waals surface area contributed by atoms with Crippen LogP contribution in [0, 0.1) is 0 Å². The summed E-state index contributed by atoms with van der Waals surface area (Å²) in [4.78, 5) is 4.33. The van der Waals surface area contributed by atoms with Gasteiger partial charge in [0.1, 0.15) is 10.7 Å². The lowest BCUT2D eigenvalue weighted by Gasteiger charge is -2.31. The van der Waals surface area contributed by atoms with Crippen LogP contribution >= 0.6 is 11.6 Å². The van der Waals surface area contributed by atoms with Gasteiger partial charge in [-0.25, -0.2) is 13.4 Å². The van der Waals surface area contributed by atoms with Gasteiger partial charge in [-0.2, -0.15) is 0 Å². The van der Waals surface area contributed by atoms with Gasteiger partial charge in [-0.1, -0.05) is 13.8 Å². The van der Waals surface area contributed by atoms with E-state index in [0.717, 1.165) is 12.8 Å². The Kier molecular flexibility index (Phi) is 4.99. The Morgan fingerprint density at radius 2 is 2.00 bits per heavy atom. The van der Waals surface area contributed by atoms with Crippen LogP contribution in [0.15, 0.2) is 23.2 Å². The lowest BCUT2D eigenvalue weighted by molar-refractivity contribution is 0.481. The predicted octanol–water partition coefficient (Wildman–Crippen LogP) is 2.69. The Hall–Kier alpha value is -0.810. The largest absolute Gasteiger partial charge is 0.362 e. The van der Waals surface area contributed by atoms with Crippen LogP contribution in [-0.4, -0.2) is 31.1 Å². The van der Waals surface area contributed by atoms with Crippen molar-refractivity contribution in [3.63, 3.8) is 0 Å². The molecule has 0 atom stereocenters. The highest BCUT2D eigenvalue weighted by molar-refractivity contribution is 7.90. The molecule has 0 saturated heterocycles. The first-order chi connectivity index (χ1) is 8.38. The van der Waals surface area contributed by atoms with E-state index in [2.05, 4.69) is 10.3 Å². The van der Waals surface area contributed by atoms with Crippen molar-refractivity contribution in [2.75, 3.05) is 17.5 Å². The summed E-state index contributed by atoms with van der Waals surface area (Å²) in [5, 5.41) is 3.19. The molecular weight excluding hydrogens is 272 g/mol. The molecule has 0 bridgehead atoms. The number of nitrogens with one attached hydrogen (secondary N) is 1. The van der Waals surface area contributed by atoms with Crippen LogP contribution in [0.5, 0.6) is 0 Å². The number of sulfone groups is 1. The molecule has 0 fully saturated rings. The third kappa shape index (κ3) is 3.36. The number of anilines is 1. The molecule has 0 aliphatic carbocycles. The highest BCUT2D eigenvalue weighted by Crippen LogP contribution is 2.26. The van der Waals surface area contributed by atoms with Gasteiger partial charge in [0.2, 0.25) is 0 Å². The molecule has 0 aliphatic rings. The molecule has 0 aromatic carbocycles. The van der Waals surface area contributed by atoms with Crippen molar-refractivity contribution in [2.24, 2.45) is 0 Å². The second kappa shape index (κ2) is 5.89. The Morgan fingerprint density at radius 3 is 2.44 bits per heavy atom.